The molecule has 0 bridgehead atoms. The van der Waals surface area contributed by atoms with Crippen LogP contribution >= 0.6 is 18.7 Å². The maximum Gasteiger partial charge on any atom is 0.141 e. The van der Waals surface area contributed by atoms with Gasteiger partial charge in [-0.3, -0.25) is 0 Å². The highest BCUT2D eigenvalue weighted by Crippen LogP contribution is 2.40. The van der Waals surface area contributed by atoms with Crippen LogP contribution in [-0.4, -0.2) is 30.4 Å². The summed E-state index contributed by atoms with van der Waals surface area (Å²) in [4.78, 5) is 8.48. The van der Waals surface area contributed by atoms with E-state index in [-0.39, 0.29) is 5.02 Å². The minimum Gasteiger partial charge on any atom is -0.496 e. The fraction of sp³-hybridized carbons (Fsp3) is 0.176. The van der Waals surface area contributed by atoms with Crippen molar-refractivity contribution in [2.75, 3.05) is 25.8 Å². The maximum absolute atomic E-state index is 13.3. The Bertz CT molecular complexity index is 1010. The van der Waals surface area contributed by atoms with E-state index in [1.54, 1.807) is 31.5 Å². The first-order valence-electron chi connectivity index (χ1n) is 7.40. The van der Waals surface area contributed by atoms with E-state index in [1.165, 1.54) is 25.6 Å². The standard InChI is InChI=1S/C17H16ClFN3O2P/c1-24-15-8-14-11(7-16(15)25(2,3)23)17(21-9-20-14)22-10-4-5-13(19)12(18)6-10/h4-9H,1-3H3,(H,20,21,22). The first-order chi connectivity index (χ1) is 11.8. The number of benzene rings is 2. The Kier molecular flexibility index (Phi) is 4.67. The smallest absolute Gasteiger partial charge is 0.141 e. The van der Waals surface area contributed by atoms with Crippen LogP contribution in [0.4, 0.5) is 15.9 Å². The van der Waals surface area contributed by atoms with Gasteiger partial charge in [0.25, 0.3) is 0 Å². The van der Waals surface area contributed by atoms with Crippen LogP contribution in [0.1, 0.15) is 0 Å². The average Bonchev–Trinajstić information content (AvgIpc) is 2.56. The number of methoxy groups -OCH3 is 1. The van der Waals surface area contributed by atoms with E-state index in [1.807, 2.05) is 0 Å². The molecule has 0 saturated heterocycles. The number of anilines is 2. The fourth-order valence-electron chi connectivity index (χ4n) is 2.47. The molecule has 0 saturated carbocycles. The van der Waals surface area contributed by atoms with Gasteiger partial charge in [0, 0.05) is 17.1 Å². The highest BCUT2D eigenvalue weighted by Gasteiger charge is 2.19. The van der Waals surface area contributed by atoms with Crippen molar-refractivity contribution in [2.24, 2.45) is 0 Å². The van der Waals surface area contributed by atoms with E-state index < -0.39 is 13.0 Å². The summed E-state index contributed by atoms with van der Waals surface area (Å²) in [6.45, 7) is 3.35. The second-order valence-electron chi connectivity index (χ2n) is 5.87. The minimum atomic E-state index is -2.57. The van der Waals surface area contributed by atoms with Crippen molar-refractivity contribution < 1.29 is 13.7 Å². The molecule has 0 fully saturated rings. The van der Waals surface area contributed by atoms with Crippen LogP contribution in [0, 0.1) is 5.82 Å². The van der Waals surface area contributed by atoms with Crippen molar-refractivity contribution in [1.82, 2.24) is 9.97 Å². The average molecular weight is 380 g/mol. The predicted octanol–water partition coefficient (Wildman–Crippen LogP) is 4.42. The van der Waals surface area contributed by atoms with Gasteiger partial charge in [-0.1, -0.05) is 11.6 Å². The lowest BCUT2D eigenvalue weighted by Crippen LogP contribution is -2.09. The summed E-state index contributed by atoms with van der Waals surface area (Å²) >= 11 is 5.82. The van der Waals surface area contributed by atoms with Gasteiger partial charge in [-0.05, 0) is 37.6 Å². The van der Waals surface area contributed by atoms with Crippen LogP contribution in [0.15, 0.2) is 36.7 Å². The second kappa shape index (κ2) is 6.62. The molecule has 2 aromatic carbocycles. The third-order valence-electron chi connectivity index (χ3n) is 3.70. The molecule has 0 spiro atoms. The van der Waals surface area contributed by atoms with E-state index >= 15 is 0 Å². The van der Waals surface area contributed by atoms with Crippen LogP contribution in [0.5, 0.6) is 5.75 Å². The van der Waals surface area contributed by atoms with Gasteiger partial charge in [-0.2, -0.15) is 0 Å². The number of rotatable bonds is 4. The van der Waals surface area contributed by atoms with Crippen LogP contribution < -0.4 is 15.4 Å². The summed E-state index contributed by atoms with van der Waals surface area (Å²) in [5, 5.41) is 4.40. The Hall–Kier alpha value is -2.17. The number of aromatic nitrogens is 2. The van der Waals surface area contributed by atoms with Crippen molar-refractivity contribution >= 4 is 46.5 Å². The van der Waals surface area contributed by atoms with Gasteiger partial charge in [0.2, 0.25) is 0 Å². The molecule has 0 radical (unpaired) electrons. The molecule has 8 heteroatoms. The highest BCUT2D eigenvalue weighted by atomic mass is 35.5. The van der Waals surface area contributed by atoms with E-state index in [0.717, 1.165) is 0 Å². The van der Waals surface area contributed by atoms with Crippen molar-refractivity contribution in [3.8, 4) is 5.75 Å². The molecule has 0 unspecified atom stereocenters. The first-order valence-corrected chi connectivity index (χ1v) is 10.4. The SMILES string of the molecule is COc1cc2ncnc(Nc3ccc(F)c(Cl)c3)c2cc1P(C)(C)=O. The summed E-state index contributed by atoms with van der Waals surface area (Å²) in [7, 11) is -1.04. The van der Waals surface area contributed by atoms with Gasteiger partial charge in [-0.15, -0.1) is 0 Å². The third-order valence-corrected chi connectivity index (χ3v) is 5.50. The Balaban J connectivity index is 2.15. The van der Waals surface area contributed by atoms with E-state index in [0.29, 0.717) is 33.5 Å². The van der Waals surface area contributed by atoms with Crippen LogP contribution in [0.3, 0.4) is 0 Å². The first kappa shape index (κ1) is 17.6. The number of hydrogen-bond acceptors (Lipinski definition) is 5. The molecule has 1 aromatic heterocycles. The van der Waals surface area contributed by atoms with Crippen molar-refractivity contribution in [1.29, 1.82) is 0 Å². The summed E-state index contributed by atoms with van der Waals surface area (Å²) < 4.78 is 31.3. The summed E-state index contributed by atoms with van der Waals surface area (Å²) in [5.41, 5.74) is 1.22. The maximum atomic E-state index is 13.3. The molecule has 5 nitrogen and oxygen atoms in total. The molecule has 3 aromatic rings. The van der Waals surface area contributed by atoms with Crippen LogP contribution in [0.25, 0.3) is 10.9 Å². The Morgan fingerprint density at radius 1 is 1.20 bits per heavy atom. The van der Waals surface area contributed by atoms with Gasteiger partial charge in [0.05, 0.1) is 23.0 Å². The molecule has 130 valence electrons. The van der Waals surface area contributed by atoms with Gasteiger partial charge in [-0.25, -0.2) is 14.4 Å². The van der Waals surface area contributed by atoms with Crippen molar-refractivity contribution in [3.05, 3.63) is 47.5 Å². The number of ether oxygens (including phenoxy) is 1. The number of hydrogen-bond donors (Lipinski definition) is 1. The van der Waals surface area contributed by atoms with Gasteiger partial charge < -0.3 is 14.6 Å². The predicted molar refractivity (Wildman–Crippen MR) is 99.9 cm³/mol. The zero-order chi connectivity index (χ0) is 18.2. The monoisotopic (exact) mass is 379 g/mol. The van der Waals surface area contributed by atoms with Gasteiger partial charge in [0.15, 0.2) is 0 Å². The number of fused-ring (bicyclic) bond motifs is 1. The lowest BCUT2D eigenvalue weighted by Gasteiger charge is -2.15. The molecule has 0 amide bonds. The van der Waals surface area contributed by atoms with E-state index in [4.69, 9.17) is 16.3 Å². The second-order valence-corrected chi connectivity index (χ2v) is 9.46. The molecular weight excluding hydrogens is 364 g/mol. The minimum absolute atomic E-state index is 0.0114. The Morgan fingerprint density at radius 3 is 2.60 bits per heavy atom. The lowest BCUT2D eigenvalue weighted by molar-refractivity contribution is 0.418. The number of halogens is 2. The molecule has 0 atom stereocenters. The van der Waals surface area contributed by atoms with Crippen molar-refractivity contribution in [3.63, 3.8) is 0 Å². The van der Waals surface area contributed by atoms with Crippen LogP contribution in [0.2, 0.25) is 5.02 Å². The topological polar surface area (TPSA) is 64.1 Å². The van der Waals surface area contributed by atoms with E-state index in [2.05, 4.69) is 15.3 Å². The molecule has 0 aliphatic heterocycles. The Morgan fingerprint density at radius 2 is 1.96 bits per heavy atom. The molecule has 1 N–H and O–H groups in total. The third kappa shape index (κ3) is 3.60. The van der Waals surface area contributed by atoms with Gasteiger partial charge in [0.1, 0.15) is 30.9 Å². The molecule has 0 aliphatic carbocycles. The zero-order valence-electron chi connectivity index (χ0n) is 13.9. The van der Waals surface area contributed by atoms with Crippen LogP contribution in [-0.2, 0) is 4.57 Å². The normalized spacial score (nSPS) is 11.6. The highest BCUT2D eigenvalue weighted by molar-refractivity contribution is 7.70. The van der Waals surface area contributed by atoms with Gasteiger partial charge >= 0.3 is 0 Å². The Labute approximate surface area is 149 Å². The molecule has 25 heavy (non-hydrogen) atoms. The molecular formula is C17H16ClFN3O2P. The summed E-state index contributed by atoms with van der Waals surface area (Å²) in [5.74, 6) is 0.532. The van der Waals surface area contributed by atoms with Crippen molar-refractivity contribution in [2.45, 2.75) is 0 Å². The molecule has 0 aliphatic rings. The summed E-state index contributed by atoms with van der Waals surface area (Å²) in [6, 6.07) is 7.80. The summed E-state index contributed by atoms with van der Waals surface area (Å²) in [6.07, 6.45) is 1.41. The van der Waals surface area contributed by atoms with E-state index in [9.17, 15) is 8.96 Å². The zero-order valence-corrected chi connectivity index (χ0v) is 15.5. The number of nitrogens with one attached hydrogen (secondary N) is 1. The lowest BCUT2D eigenvalue weighted by atomic mass is 10.2. The molecule has 3 rings (SSSR count). The largest absolute Gasteiger partial charge is 0.496 e. The quantitative estimate of drug-likeness (QED) is 0.680. The number of nitrogens with zero attached hydrogens (tertiary/aromatic N) is 2. The fourth-order valence-corrected chi connectivity index (χ4v) is 3.77. The molecule has 1 heterocycles.